The van der Waals surface area contributed by atoms with Gasteiger partial charge in [-0.05, 0) is 32.1 Å². The Morgan fingerprint density at radius 2 is 1.35 bits per heavy atom. The number of carbonyl (C=O) groups excluding carboxylic acids is 1. The molecule has 134 valence electrons. The molecule has 0 aliphatic carbocycles. The fraction of sp³-hybridized carbons (Fsp3) is 0.789. The van der Waals surface area contributed by atoms with Crippen molar-refractivity contribution in [3.05, 3.63) is 12.2 Å². The van der Waals surface area contributed by atoms with E-state index in [0.29, 0.717) is 6.42 Å². The summed E-state index contributed by atoms with van der Waals surface area (Å²) in [6, 6.07) is 0. The van der Waals surface area contributed by atoms with Crippen molar-refractivity contribution in [2.75, 3.05) is 0 Å². The number of allylic oxidation sites excluding steroid dienone is 2. The molecule has 1 unspecified atom stereocenters. The Kier molecular flexibility index (Phi) is 14.7. The molecular weight excluding hydrogens is 290 g/mol. The summed E-state index contributed by atoms with van der Waals surface area (Å²) in [4.78, 5) is 21.7. The van der Waals surface area contributed by atoms with Gasteiger partial charge >= 0.3 is 5.97 Å². The Bertz CT molecular complexity index is 326. The average Bonchev–Trinajstić information content (AvgIpc) is 2.50. The van der Waals surface area contributed by atoms with Gasteiger partial charge in [-0.25, -0.2) is 0 Å². The van der Waals surface area contributed by atoms with Crippen LogP contribution in [0.5, 0.6) is 0 Å². The number of aliphatic carboxylic acids is 1. The van der Waals surface area contributed by atoms with Gasteiger partial charge in [-0.15, -0.1) is 0 Å². The number of carbonyl (C=O) groups is 2. The topological polar surface area (TPSA) is 80.4 Å². The molecular formula is C19H35NO3. The van der Waals surface area contributed by atoms with Crippen molar-refractivity contribution in [2.24, 2.45) is 11.7 Å². The van der Waals surface area contributed by atoms with Gasteiger partial charge in [0.25, 0.3) is 0 Å². The molecule has 0 spiro atoms. The molecule has 23 heavy (non-hydrogen) atoms. The number of carboxylic acid groups (broad SMARTS) is 1. The summed E-state index contributed by atoms with van der Waals surface area (Å²) >= 11 is 0. The van der Waals surface area contributed by atoms with Gasteiger partial charge in [0, 0.05) is 0 Å². The number of amides is 1. The first-order valence-electron chi connectivity index (χ1n) is 9.26. The number of hydrogen-bond donors (Lipinski definition) is 2. The molecule has 0 heterocycles. The largest absolute Gasteiger partial charge is 0.481 e. The molecule has 0 rings (SSSR count). The van der Waals surface area contributed by atoms with Gasteiger partial charge < -0.3 is 10.8 Å². The third-order valence-corrected chi connectivity index (χ3v) is 4.15. The van der Waals surface area contributed by atoms with Gasteiger partial charge in [-0.3, -0.25) is 9.59 Å². The van der Waals surface area contributed by atoms with Crippen LogP contribution in [0.25, 0.3) is 0 Å². The van der Waals surface area contributed by atoms with Crippen LogP contribution in [0.15, 0.2) is 12.2 Å². The first-order valence-corrected chi connectivity index (χ1v) is 9.26. The van der Waals surface area contributed by atoms with Crippen molar-refractivity contribution < 1.29 is 14.7 Å². The molecule has 0 aliphatic heterocycles. The predicted molar refractivity (Wildman–Crippen MR) is 95.2 cm³/mol. The maximum Gasteiger partial charge on any atom is 0.316 e. The summed E-state index contributed by atoms with van der Waals surface area (Å²) in [6.07, 6.45) is 19.1. The van der Waals surface area contributed by atoms with Crippen molar-refractivity contribution >= 4 is 11.9 Å². The molecule has 0 aliphatic rings. The number of nitrogens with two attached hydrogens (primary N) is 1. The Morgan fingerprint density at radius 1 is 0.870 bits per heavy atom. The first kappa shape index (κ1) is 21.7. The Hall–Kier alpha value is -1.32. The lowest BCUT2D eigenvalue weighted by molar-refractivity contribution is -0.146. The molecule has 0 aromatic rings. The third kappa shape index (κ3) is 14.0. The summed E-state index contributed by atoms with van der Waals surface area (Å²) in [5.74, 6) is -2.85. The quantitative estimate of drug-likeness (QED) is 0.242. The van der Waals surface area contributed by atoms with E-state index in [1.165, 1.54) is 44.9 Å². The maximum absolute atomic E-state index is 10.9. The number of rotatable bonds is 16. The second-order valence-electron chi connectivity index (χ2n) is 6.31. The van der Waals surface area contributed by atoms with Gasteiger partial charge in [-0.1, -0.05) is 70.4 Å². The molecule has 0 saturated carbocycles. The van der Waals surface area contributed by atoms with Gasteiger partial charge in [0.05, 0.1) is 0 Å². The lowest BCUT2D eigenvalue weighted by Crippen LogP contribution is -2.30. The molecule has 1 atom stereocenters. The van der Waals surface area contributed by atoms with E-state index >= 15 is 0 Å². The number of carboxylic acids is 1. The van der Waals surface area contributed by atoms with Crippen LogP contribution in [0.3, 0.4) is 0 Å². The van der Waals surface area contributed by atoms with Crippen molar-refractivity contribution in [1.29, 1.82) is 0 Å². The molecule has 4 heteroatoms. The van der Waals surface area contributed by atoms with Crippen LogP contribution < -0.4 is 5.73 Å². The minimum absolute atomic E-state index is 0.360. The van der Waals surface area contributed by atoms with Crippen LogP contribution in [-0.2, 0) is 9.59 Å². The molecule has 0 bridgehead atoms. The van der Waals surface area contributed by atoms with Gasteiger partial charge in [0.15, 0.2) is 0 Å². The van der Waals surface area contributed by atoms with E-state index in [4.69, 9.17) is 10.8 Å². The molecule has 1 amide bonds. The monoisotopic (exact) mass is 325 g/mol. The highest BCUT2D eigenvalue weighted by molar-refractivity contribution is 5.95. The highest BCUT2D eigenvalue weighted by Gasteiger charge is 2.22. The van der Waals surface area contributed by atoms with Crippen molar-refractivity contribution in [3.63, 3.8) is 0 Å². The fourth-order valence-electron chi connectivity index (χ4n) is 2.63. The van der Waals surface area contributed by atoms with Gasteiger partial charge in [0.1, 0.15) is 5.92 Å². The van der Waals surface area contributed by atoms with Crippen LogP contribution in [0.4, 0.5) is 0 Å². The lowest BCUT2D eigenvalue weighted by atomic mass is 10.00. The zero-order chi connectivity index (χ0) is 17.3. The fourth-order valence-corrected chi connectivity index (χ4v) is 2.63. The second-order valence-corrected chi connectivity index (χ2v) is 6.31. The molecule has 4 nitrogen and oxygen atoms in total. The highest BCUT2D eigenvalue weighted by Crippen LogP contribution is 2.12. The summed E-state index contributed by atoms with van der Waals surface area (Å²) in [5.41, 5.74) is 5.06. The number of hydrogen-bond acceptors (Lipinski definition) is 2. The Balaban J connectivity index is 3.37. The predicted octanol–water partition coefficient (Wildman–Crippen LogP) is 4.82. The molecule has 0 saturated heterocycles. The standard InChI is InChI=1S/C19H35NO3/c1-2-3-4-5-6-7-8-9-10-11-12-13-14-15-16-17(18(20)21)19(22)23/h9-10,17H,2-8,11-16H2,1H3,(H2,20,21)(H,22,23)/b10-9-. The minimum atomic E-state index is -1.10. The van der Waals surface area contributed by atoms with E-state index in [9.17, 15) is 9.59 Å². The lowest BCUT2D eigenvalue weighted by Gasteiger charge is -2.07. The van der Waals surface area contributed by atoms with Crippen LogP contribution >= 0.6 is 0 Å². The zero-order valence-electron chi connectivity index (χ0n) is 14.8. The van der Waals surface area contributed by atoms with Gasteiger partial charge in [-0.2, -0.15) is 0 Å². The Labute approximate surface area is 141 Å². The highest BCUT2D eigenvalue weighted by atomic mass is 16.4. The van der Waals surface area contributed by atoms with E-state index in [1.807, 2.05) is 0 Å². The molecule has 0 aromatic carbocycles. The molecule has 0 radical (unpaired) electrons. The van der Waals surface area contributed by atoms with Crippen molar-refractivity contribution in [1.82, 2.24) is 0 Å². The van der Waals surface area contributed by atoms with Crippen LogP contribution in [0.1, 0.15) is 90.4 Å². The molecule has 0 aromatic heterocycles. The zero-order valence-corrected chi connectivity index (χ0v) is 14.8. The van der Waals surface area contributed by atoms with Crippen molar-refractivity contribution in [2.45, 2.75) is 90.4 Å². The third-order valence-electron chi connectivity index (χ3n) is 4.15. The maximum atomic E-state index is 10.9. The van der Waals surface area contributed by atoms with E-state index < -0.39 is 17.8 Å². The summed E-state index contributed by atoms with van der Waals surface area (Å²) in [5, 5.41) is 8.84. The van der Waals surface area contributed by atoms with E-state index in [2.05, 4.69) is 19.1 Å². The van der Waals surface area contributed by atoms with E-state index in [0.717, 1.165) is 32.1 Å². The van der Waals surface area contributed by atoms with Crippen molar-refractivity contribution in [3.8, 4) is 0 Å². The SMILES string of the molecule is CCCCCCCC/C=C\CCCCCCC(C(N)=O)C(=O)O. The minimum Gasteiger partial charge on any atom is -0.481 e. The summed E-state index contributed by atoms with van der Waals surface area (Å²) in [6.45, 7) is 2.24. The number of primary amides is 1. The smallest absolute Gasteiger partial charge is 0.316 e. The normalized spacial score (nSPS) is 12.6. The number of unbranched alkanes of at least 4 members (excludes halogenated alkanes) is 10. The second kappa shape index (κ2) is 15.6. The average molecular weight is 325 g/mol. The van der Waals surface area contributed by atoms with E-state index in [-0.39, 0.29) is 0 Å². The first-order chi connectivity index (χ1) is 11.1. The van der Waals surface area contributed by atoms with Crippen LogP contribution in [-0.4, -0.2) is 17.0 Å². The molecule has 0 fully saturated rings. The van der Waals surface area contributed by atoms with Crippen LogP contribution in [0.2, 0.25) is 0 Å². The molecule has 3 N–H and O–H groups in total. The van der Waals surface area contributed by atoms with E-state index in [1.54, 1.807) is 0 Å². The van der Waals surface area contributed by atoms with Gasteiger partial charge in [0.2, 0.25) is 5.91 Å². The van der Waals surface area contributed by atoms with Crippen LogP contribution in [0, 0.1) is 5.92 Å². The summed E-state index contributed by atoms with van der Waals surface area (Å²) < 4.78 is 0. The summed E-state index contributed by atoms with van der Waals surface area (Å²) in [7, 11) is 0. The Morgan fingerprint density at radius 3 is 1.83 bits per heavy atom.